The van der Waals surface area contributed by atoms with Crippen molar-refractivity contribution in [3.05, 3.63) is 138 Å². The van der Waals surface area contributed by atoms with Crippen LogP contribution in [0.2, 0.25) is 0 Å². The number of aliphatic imine (C=N–C) groups is 1. The average molecular weight is 495 g/mol. The molecular weight excluding hydrogens is 468 g/mol. The highest BCUT2D eigenvalue weighted by atomic mass is 32.2. The maximum atomic E-state index is 14.6. The molecule has 0 saturated carbocycles. The molecule has 0 aromatic heterocycles. The number of nitrogens with one attached hydrogen (secondary N) is 1. The van der Waals surface area contributed by atoms with E-state index in [0.29, 0.717) is 28.1 Å². The van der Waals surface area contributed by atoms with Crippen molar-refractivity contribution in [2.24, 2.45) is 4.99 Å². The van der Waals surface area contributed by atoms with Crippen molar-refractivity contribution in [1.82, 2.24) is 5.32 Å². The van der Waals surface area contributed by atoms with Gasteiger partial charge in [0.15, 0.2) is 9.84 Å². The summed E-state index contributed by atoms with van der Waals surface area (Å²) in [6.45, 7) is 0. The summed E-state index contributed by atoms with van der Waals surface area (Å²) in [5.41, 5.74) is 4.15. The second kappa shape index (κ2) is 9.84. The van der Waals surface area contributed by atoms with Crippen LogP contribution in [0.5, 0.6) is 5.75 Å². The van der Waals surface area contributed by atoms with E-state index in [1.165, 1.54) is 6.34 Å². The van der Waals surface area contributed by atoms with Gasteiger partial charge in [-0.3, -0.25) is 0 Å². The molecule has 5 rings (SSSR count). The number of rotatable bonds is 7. The van der Waals surface area contributed by atoms with Crippen LogP contribution >= 0.6 is 0 Å². The quantitative estimate of drug-likeness (QED) is 0.360. The molecule has 36 heavy (non-hydrogen) atoms. The van der Waals surface area contributed by atoms with Gasteiger partial charge in [-0.2, -0.15) is 0 Å². The average Bonchev–Trinajstić information content (AvgIpc) is 2.94. The lowest BCUT2D eigenvalue weighted by Gasteiger charge is -2.37. The highest BCUT2D eigenvalue weighted by Crippen LogP contribution is 2.50. The molecule has 1 atom stereocenters. The van der Waals surface area contributed by atoms with Gasteiger partial charge in [0.2, 0.25) is 4.87 Å². The molecule has 0 fully saturated rings. The molecule has 0 bridgehead atoms. The molecule has 0 saturated heterocycles. The van der Waals surface area contributed by atoms with E-state index in [9.17, 15) is 8.42 Å². The molecule has 1 N–H and O–H groups in total. The Hall–Kier alpha value is -4.16. The number of hydrogen-bond acceptors (Lipinski definition) is 5. The minimum Gasteiger partial charge on any atom is -0.497 e. The first-order chi connectivity index (χ1) is 17.5. The maximum Gasteiger partial charge on any atom is 0.215 e. The van der Waals surface area contributed by atoms with E-state index in [-0.39, 0.29) is 5.75 Å². The lowest BCUT2D eigenvalue weighted by molar-refractivity contribution is 0.415. The fraction of sp³-hybridized carbons (Fsp3) is 0.100. The van der Waals surface area contributed by atoms with Crippen molar-refractivity contribution in [3.63, 3.8) is 0 Å². The number of benzene rings is 4. The SMILES string of the molecule is COc1ccc(C2=C(c3ccccc3)NC=NC2(c2ccccc2)S(=O)(=O)Cc2ccccc2)cc1. The Morgan fingerprint density at radius 2 is 1.33 bits per heavy atom. The van der Waals surface area contributed by atoms with Gasteiger partial charge < -0.3 is 10.1 Å². The molecule has 1 unspecified atom stereocenters. The molecule has 0 aliphatic carbocycles. The molecule has 4 aromatic carbocycles. The van der Waals surface area contributed by atoms with Gasteiger partial charge in [-0.05, 0) is 34.4 Å². The third kappa shape index (κ3) is 4.20. The van der Waals surface area contributed by atoms with E-state index in [4.69, 9.17) is 9.73 Å². The molecule has 1 aliphatic heterocycles. The fourth-order valence-electron chi connectivity index (χ4n) is 4.62. The van der Waals surface area contributed by atoms with Crippen molar-refractivity contribution in [2.45, 2.75) is 10.6 Å². The van der Waals surface area contributed by atoms with Gasteiger partial charge in [0, 0.05) is 5.57 Å². The van der Waals surface area contributed by atoms with E-state index in [1.54, 1.807) is 7.11 Å². The van der Waals surface area contributed by atoms with Crippen LogP contribution in [0.1, 0.15) is 22.3 Å². The molecule has 0 amide bonds. The van der Waals surface area contributed by atoms with E-state index >= 15 is 0 Å². The zero-order valence-corrected chi connectivity index (χ0v) is 20.7. The van der Waals surface area contributed by atoms with Crippen molar-refractivity contribution in [1.29, 1.82) is 0 Å². The summed E-state index contributed by atoms with van der Waals surface area (Å²) in [4.78, 5) is 3.09. The fourth-order valence-corrected chi connectivity index (χ4v) is 6.70. The Morgan fingerprint density at radius 1 is 0.750 bits per heavy atom. The maximum absolute atomic E-state index is 14.6. The molecule has 5 nitrogen and oxygen atoms in total. The third-order valence-corrected chi connectivity index (χ3v) is 8.46. The zero-order chi connectivity index (χ0) is 25.0. The molecular formula is C30H26N2O3S. The summed E-state index contributed by atoms with van der Waals surface area (Å²) in [6, 6.07) is 35.6. The summed E-state index contributed by atoms with van der Waals surface area (Å²) in [6.07, 6.45) is 1.50. The Kier molecular flexibility index (Phi) is 6.44. The smallest absolute Gasteiger partial charge is 0.215 e. The monoisotopic (exact) mass is 494 g/mol. The molecule has 0 spiro atoms. The van der Waals surface area contributed by atoms with Crippen molar-refractivity contribution in [3.8, 4) is 5.75 Å². The number of sulfone groups is 1. The van der Waals surface area contributed by atoms with Crippen LogP contribution in [0, 0.1) is 0 Å². The van der Waals surface area contributed by atoms with Crippen molar-refractivity contribution in [2.75, 3.05) is 7.11 Å². The molecule has 1 heterocycles. The standard InChI is InChI=1S/C30H26N2O3S/c1-35-27-19-17-24(18-20-27)28-29(25-13-7-3-8-14-25)31-22-32-30(28,26-15-9-4-10-16-26)36(33,34)21-23-11-5-2-6-12-23/h2-20,22H,21H2,1H3,(H,31,32). The van der Waals surface area contributed by atoms with Crippen LogP contribution in [-0.4, -0.2) is 21.9 Å². The van der Waals surface area contributed by atoms with Gasteiger partial charge in [-0.1, -0.05) is 103 Å². The largest absolute Gasteiger partial charge is 0.497 e. The van der Waals surface area contributed by atoms with Crippen LogP contribution in [0.4, 0.5) is 0 Å². The van der Waals surface area contributed by atoms with Crippen molar-refractivity contribution < 1.29 is 13.2 Å². The van der Waals surface area contributed by atoms with Crippen molar-refractivity contribution >= 4 is 27.4 Å². The van der Waals surface area contributed by atoms with Gasteiger partial charge in [0.25, 0.3) is 0 Å². The Balaban J connectivity index is 1.84. The van der Waals surface area contributed by atoms with Gasteiger partial charge in [0.1, 0.15) is 5.75 Å². The number of nitrogens with zero attached hydrogens (tertiary/aromatic N) is 1. The molecule has 0 radical (unpaired) electrons. The number of hydrogen-bond donors (Lipinski definition) is 1. The highest BCUT2D eigenvalue weighted by molar-refractivity contribution is 7.92. The van der Waals surface area contributed by atoms with E-state index < -0.39 is 14.7 Å². The highest BCUT2D eigenvalue weighted by Gasteiger charge is 2.51. The summed E-state index contributed by atoms with van der Waals surface area (Å²) in [7, 11) is -2.33. The van der Waals surface area contributed by atoms with Gasteiger partial charge >= 0.3 is 0 Å². The normalized spacial score (nSPS) is 17.5. The van der Waals surface area contributed by atoms with Gasteiger partial charge in [0.05, 0.1) is 24.9 Å². The van der Waals surface area contributed by atoms with Gasteiger partial charge in [-0.15, -0.1) is 0 Å². The predicted molar refractivity (Wildman–Crippen MR) is 145 cm³/mol. The Labute approximate surface area is 211 Å². The van der Waals surface area contributed by atoms with E-state index in [2.05, 4.69) is 5.32 Å². The Bertz CT molecular complexity index is 1500. The lowest BCUT2D eigenvalue weighted by Crippen LogP contribution is -2.41. The van der Waals surface area contributed by atoms with Crippen LogP contribution in [0.15, 0.2) is 120 Å². The second-order valence-electron chi connectivity index (χ2n) is 8.50. The minimum atomic E-state index is -3.93. The van der Waals surface area contributed by atoms with Crippen LogP contribution in [0.3, 0.4) is 0 Å². The summed E-state index contributed by atoms with van der Waals surface area (Å²) < 4.78 is 34.5. The van der Waals surface area contributed by atoms with Crippen LogP contribution in [0.25, 0.3) is 11.3 Å². The third-order valence-electron chi connectivity index (χ3n) is 6.30. The second-order valence-corrected chi connectivity index (χ2v) is 10.6. The summed E-state index contributed by atoms with van der Waals surface area (Å²) in [5.74, 6) is 0.521. The molecule has 6 heteroatoms. The summed E-state index contributed by atoms with van der Waals surface area (Å²) in [5, 5.41) is 3.27. The van der Waals surface area contributed by atoms with E-state index in [0.717, 1.165) is 11.1 Å². The van der Waals surface area contributed by atoms with Crippen LogP contribution in [-0.2, 0) is 20.5 Å². The first kappa shape index (κ1) is 23.6. The zero-order valence-electron chi connectivity index (χ0n) is 19.8. The summed E-state index contributed by atoms with van der Waals surface area (Å²) >= 11 is 0. The first-order valence-electron chi connectivity index (χ1n) is 11.6. The molecule has 4 aromatic rings. The predicted octanol–water partition coefficient (Wildman–Crippen LogP) is 5.66. The minimum absolute atomic E-state index is 0.165. The topological polar surface area (TPSA) is 67.8 Å². The van der Waals surface area contributed by atoms with Crippen LogP contribution < -0.4 is 10.1 Å². The van der Waals surface area contributed by atoms with E-state index in [1.807, 2.05) is 115 Å². The lowest BCUT2D eigenvalue weighted by atomic mass is 9.88. The molecule has 180 valence electrons. The number of ether oxygens (including phenoxy) is 1. The number of methoxy groups -OCH3 is 1. The first-order valence-corrected chi connectivity index (χ1v) is 13.3. The molecule has 1 aliphatic rings. The Morgan fingerprint density at radius 3 is 1.94 bits per heavy atom. The van der Waals surface area contributed by atoms with Gasteiger partial charge in [-0.25, -0.2) is 13.4 Å².